The number of nitrogens with zero attached hydrogens (tertiary/aromatic N) is 1. The van der Waals surface area contributed by atoms with Gasteiger partial charge in [-0.15, -0.1) is 11.8 Å². The van der Waals surface area contributed by atoms with E-state index in [1.165, 1.54) is 23.9 Å². The SMILES string of the molecule is CC[C@H](C)NC(=O)[C@H](Cc1ccccc1)N(Cc1ccc(Br)cc1)C(=O)CSCc1ccc(F)cc1. The van der Waals surface area contributed by atoms with Gasteiger partial charge in [0.15, 0.2) is 0 Å². The van der Waals surface area contributed by atoms with Gasteiger partial charge >= 0.3 is 0 Å². The summed E-state index contributed by atoms with van der Waals surface area (Å²) in [6, 6.07) is 23.2. The van der Waals surface area contributed by atoms with E-state index in [1.807, 2.05) is 68.4 Å². The molecule has 0 radical (unpaired) electrons. The lowest BCUT2D eigenvalue weighted by atomic mass is 10.0. The molecular weight excluding hydrogens is 539 g/mol. The van der Waals surface area contributed by atoms with Gasteiger partial charge in [-0.1, -0.05) is 77.5 Å². The lowest BCUT2D eigenvalue weighted by Gasteiger charge is -2.32. The second kappa shape index (κ2) is 14.2. The van der Waals surface area contributed by atoms with Crippen molar-refractivity contribution in [2.45, 2.75) is 51.1 Å². The van der Waals surface area contributed by atoms with Crippen LogP contribution in [0.1, 0.15) is 37.0 Å². The lowest BCUT2D eigenvalue weighted by Crippen LogP contribution is -2.52. The van der Waals surface area contributed by atoms with Gasteiger partial charge in [-0.05, 0) is 54.3 Å². The second-order valence-corrected chi connectivity index (χ2v) is 10.7. The van der Waals surface area contributed by atoms with Crippen LogP contribution >= 0.6 is 27.7 Å². The van der Waals surface area contributed by atoms with Crippen LogP contribution in [0.5, 0.6) is 0 Å². The van der Waals surface area contributed by atoms with Crippen LogP contribution in [0.3, 0.4) is 0 Å². The molecular formula is C29H32BrFN2O2S. The smallest absolute Gasteiger partial charge is 0.243 e. The van der Waals surface area contributed by atoms with Crippen LogP contribution < -0.4 is 5.32 Å². The first-order valence-corrected chi connectivity index (χ1v) is 14.0. The minimum Gasteiger partial charge on any atom is -0.352 e. The maximum absolute atomic E-state index is 13.6. The molecule has 3 rings (SSSR count). The summed E-state index contributed by atoms with van der Waals surface area (Å²) in [6.45, 7) is 4.32. The Kier molecular flexibility index (Phi) is 11.0. The summed E-state index contributed by atoms with van der Waals surface area (Å²) in [5.74, 6) is 0.264. The molecule has 0 aromatic heterocycles. The molecule has 0 spiro atoms. The van der Waals surface area contributed by atoms with Crippen molar-refractivity contribution in [3.63, 3.8) is 0 Å². The van der Waals surface area contributed by atoms with Crippen molar-refractivity contribution < 1.29 is 14.0 Å². The molecule has 0 aliphatic rings. The fraction of sp³-hybridized carbons (Fsp3) is 0.310. The second-order valence-electron chi connectivity index (χ2n) is 8.79. The first-order chi connectivity index (χ1) is 17.4. The van der Waals surface area contributed by atoms with Crippen molar-refractivity contribution in [3.8, 4) is 0 Å². The van der Waals surface area contributed by atoms with E-state index < -0.39 is 6.04 Å². The number of hydrogen-bond donors (Lipinski definition) is 1. The number of benzene rings is 3. The van der Waals surface area contributed by atoms with Gasteiger partial charge in [0.1, 0.15) is 11.9 Å². The van der Waals surface area contributed by atoms with E-state index in [1.54, 1.807) is 17.0 Å². The number of carbonyl (C=O) groups is 2. The summed E-state index contributed by atoms with van der Waals surface area (Å²) < 4.78 is 14.2. The number of amides is 2. The molecule has 0 unspecified atom stereocenters. The number of nitrogens with one attached hydrogen (secondary N) is 1. The molecule has 0 fully saturated rings. The molecule has 2 amide bonds. The van der Waals surface area contributed by atoms with E-state index in [0.29, 0.717) is 18.7 Å². The van der Waals surface area contributed by atoms with Crippen molar-refractivity contribution in [2.24, 2.45) is 0 Å². The highest BCUT2D eigenvalue weighted by Crippen LogP contribution is 2.20. The predicted molar refractivity (Wildman–Crippen MR) is 149 cm³/mol. The summed E-state index contributed by atoms with van der Waals surface area (Å²) in [7, 11) is 0. The zero-order chi connectivity index (χ0) is 25.9. The number of thioether (sulfide) groups is 1. The molecule has 36 heavy (non-hydrogen) atoms. The van der Waals surface area contributed by atoms with Crippen molar-refractivity contribution in [2.75, 3.05) is 5.75 Å². The van der Waals surface area contributed by atoms with Gasteiger partial charge in [0, 0.05) is 29.2 Å². The minimum atomic E-state index is -0.649. The number of carbonyl (C=O) groups excluding carboxylic acids is 2. The Labute approximate surface area is 225 Å². The van der Waals surface area contributed by atoms with Gasteiger partial charge in [0.2, 0.25) is 11.8 Å². The Morgan fingerprint density at radius 2 is 1.58 bits per heavy atom. The molecule has 4 nitrogen and oxygen atoms in total. The molecule has 1 N–H and O–H groups in total. The maximum atomic E-state index is 13.6. The lowest BCUT2D eigenvalue weighted by molar-refractivity contribution is -0.139. The summed E-state index contributed by atoms with van der Waals surface area (Å²) in [5, 5.41) is 3.08. The largest absolute Gasteiger partial charge is 0.352 e. The monoisotopic (exact) mass is 570 g/mol. The van der Waals surface area contributed by atoms with Gasteiger partial charge in [-0.2, -0.15) is 0 Å². The van der Waals surface area contributed by atoms with E-state index in [2.05, 4.69) is 21.2 Å². The summed E-state index contributed by atoms with van der Waals surface area (Å²) in [5.41, 5.74) is 2.89. The van der Waals surface area contributed by atoms with Crippen LogP contribution in [0.25, 0.3) is 0 Å². The predicted octanol–water partition coefficient (Wildman–Crippen LogP) is 6.38. The van der Waals surface area contributed by atoms with Crippen LogP contribution in [0.15, 0.2) is 83.3 Å². The standard InChI is InChI=1S/C29H32BrFN2O2S/c1-3-21(2)32-29(35)27(17-22-7-5-4-6-8-22)33(18-23-9-13-25(30)14-10-23)28(34)20-36-19-24-11-15-26(31)16-12-24/h4-16,21,27H,3,17-20H2,1-2H3,(H,32,35)/t21-,27-/m0/s1. The van der Waals surface area contributed by atoms with E-state index in [9.17, 15) is 14.0 Å². The molecule has 0 aliphatic heterocycles. The van der Waals surface area contributed by atoms with Gasteiger partial charge in [-0.3, -0.25) is 9.59 Å². The fourth-order valence-electron chi connectivity index (χ4n) is 3.70. The van der Waals surface area contributed by atoms with Crippen LogP contribution in [0.2, 0.25) is 0 Å². The first-order valence-electron chi connectivity index (χ1n) is 12.1. The number of hydrogen-bond acceptors (Lipinski definition) is 3. The van der Waals surface area contributed by atoms with E-state index >= 15 is 0 Å². The highest BCUT2D eigenvalue weighted by Gasteiger charge is 2.30. The van der Waals surface area contributed by atoms with E-state index in [0.717, 1.165) is 27.6 Å². The molecule has 7 heteroatoms. The molecule has 0 aliphatic carbocycles. The third-order valence-corrected chi connectivity index (χ3v) is 7.46. The molecule has 3 aromatic rings. The topological polar surface area (TPSA) is 49.4 Å². The van der Waals surface area contributed by atoms with Crippen molar-refractivity contribution in [1.29, 1.82) is 0 Å². The highest BCUT2D eigenvalue weighted by atomic mass is 79.9. The Bertz CT molecular complexity index is 1110. The first kappa shape index (κ1) is 27.9. The van der Waals surface area contributed by atoms with Gasteiger partial charge < -0.3 is 10.2 Å². The molecule has 190 valence electrons. The van der Waals surface area contributed by atoms with Gasteiger partial charge in [0.25, 0.3) is 0 Å². The van der Waals surface area contributed by atoms with Crippen LogP contribution in [0.4, 0.5) is 4.39 Å². The van der Waals surface area contributed by atoms with Crippen molar-refractivity contribution in [3.05, 3.63) is 106 Å². The number of rotatable bonds is 12. The average molecular weight is 572 g/mol. The zero-order valence-electron chi connectivity index (χ0n) is 20.6. The summed E-state index contributed by atoms with van der Waals surface area (Å²) in [6.07, 6.45) is 1.23. The molecule has 0 saturated heterocycles. The Morgan fingerprint density at radius 3 is 2.22 bits per heavy atom. The van der Waals surface area contributed by atoms with Gasteiger partial charge in [-0.25, -0.2) is 4.39 Å². The molecule has 3 aromatic carbocycles. The Hall–Kier alpha value is -2.64. The maximum Gasteiger partial charge on any atom is 0.243 e. The zero-order valence-corrected chi connectivity index (χ0v) is 23.0. The molecule has 0 saturated carbocycles. The minimum absolute atomic E-state index is 0.00765. The molecule has 0 heterocycles. The summed E-state index contributed by atoms with van der Waals surface area (Å²) in [4.78, 5) is 28.8. The van der Waals surface area contributed by atoms with E-state index in [4.69, 9.17) is 0 Å². The van der Waals surface area contributed by atoms with Crippen molar-refractivity contribution >= 4 is 39.5 Å². The Balaban J connectivity index is 1.84. The third-order valence-electron chi connectivity index (χ3n) is 5.95. The van der Waals surface area contributed by atoms with Crippen LogP contribution in [-0.2, 0) is 28.3 Å². The van der Waals surface area contributed by atoms with Crippen LogP contribution in [-0.4, -0.2) is 34.6 Å². The van der Waals surface area contributed by atoms with Gasteiger partial charge in [0.05, 0.1) is 5.75 Å². The van der Waals surface area contributed by atoms with E-state index in [-0.39, 0.29) is 29.4 Å². The fourth-order valence-corrected chi connectivity index (χ4v) is 4.84. The number of halogens is 2. The van der Waals surface area contributed by atoms with Crippen molar-refractivity contribution in [1.82, 2.24) is 10.2 Å². The molecule has 2 atom stereocenters. The third kappa shape index (κ3) is 8.79. The Morgan fingerprint density at radius 1 is 0.944 bits per heavy atom. The quantitative estimate of drug-likeness (QED) is 0.275. The average Bonchev–Trinajstić information content (AvgIpc) is 2.88. The van der Waals surface area contributed by atoms with Crippen LogP contribution in [0, 0.1) is 5.82 Å². The normalized spacial score (nSPS) is 12.6. The highest BCUT2D eigenvalue weighted by molar-refractivity contribution is 9.10. The summed E-state index contributed by atoms with van der Waals surface area (Å²) >= 11 is 4.92. The molecule has 0 bridgehead atoms.